The minimum absolute atomic E-state index is 1.01. The minimum atomic E-state index is 1.01. The Morgan fingerprint density at radius 1 is 1.00 bits per heavy atom. The first-order chi connectivity index (χ1) is 7.92. The fourth-order valence-corrected chi connectivity index (χ4v) is 2.98. The Bertz CT molecular complexity index is 568. The molecule has 0 unspecified atom stereocenters. The number of hydrazine groups is 1. The largest absolute Gasteiger partial charge is 0.259 e. The highest BCUT2D eigenvalue weighted by molar-refractivity contribution is 5.83. The standard InChI is InChI=1S/C13H15N3/c1-2-9-6-11-7-12-4-5-14-15-16(12)13(11)8-10(9)3-1/h6-8,14-15H,1-5H2. The summed E-state index contributed by atoms with van der Waals surface area (Å²) in [6, 6.07) is 7.06. The van der Waals surface area contributed by atoms with Crippen molar-refractivity contribution < 1.29 is 0 Å². The van der Waals surface area contributed by atoms with E-state index in [1.54, 1.807) is 11.1 Å². The van der Waals surface area contributed by atoms with Gasteiger partial charge in [0, 0.05) is 24.0 Å². The van der Waals surface area contributed by atoms with E-state index in [9.17, 15) is 0 Å². The lowest BCUT2D eigenvalue weighted by molar-refractivity contribution is 0.606. The van der Waals surface area contributed by atoms with Crippen LogP contribution < -0.4 is 11.0 Å². The van der Waals surface area contributed by atoms with Crippen LogP contribution in [0.3, 0.4) is 0 Å². The fraction of sp³-hybridized carbons (Fsp3) is 0.385. The fourth-order valence-electron chi connectivity index (χ4n) is 2.98. The number of hydrogen-bond donors (Lipinski definition) is 2. The maximum Gasteiger partial charge on any atom is 0.0713 e. The zero-order valence-corrected chi connectivity index (χ0v) is 9.21. The molecule has 0 saturated carbocycles. The first kappa shape index (κ1) is 8.65. The summed E-state index contributed by atoms with van der Waals surface area (Å²) in [5, 5.41) is 1.38. The molecule has 0 radical (unpaired) electrons. The quantitative estimate of drug-likeness (QED) is 0.698. The van der Waals surface area contributed by atoms with E-state index in [1.165, 1.54) is 35.9 Å². The van der Waals surface area contributed by atoms with E-state index < -0.39 is 0 Å². The van der Waals surface area contributed by atoms with Gasteiger partial charge in [-0.15, -0.1) is 0 Å². The molecule has 0 saturated heterocycles. The Morgan fingerprint density at radius 3 is 2.81 bits per heavy atom. The lowest BCUT2D eigenvalue weighted by Crippen LogP contribution is -2.37. The second kappa shape index (κ2) is 3.01. The van der Waals surface area contributed by atoms with Gasteiger partial charge in [0.05, 0.1) is 5.52 Å². The molecule has 1 aliphatic carbocycles. The van der Waals surface area contributed by atoms with E-state index in [0.29, 0.717) is 0 Å². The number of benzene rings is 1. The summed E-state index contributed by atoms with van der Waals surface area (Å²) in [5.74, 6) is 0. The third kappa shape index (κ3) is 1.06. The van der Waals surface area contributed by atoms with Crippen LogP contribution in [-0.2, 0) is 19.3 Å². The highest BCUT2D eigenvalue weighted by atomic mass is 15.6. The number of nitrogens with one attached hydrogen (secondary N) is 2. The van der Waals surface area contributed by atoms with Gasteiger partial charge in [0.25, 0.3) is 0 Å². The van der Waals surface area contributed by atoms with E-state index in [0.717, 1.165) is 13.0 Å². The Balaban J connectivity index is 2.02. The molecule has 2 aliphatic rings. The first-order valence-electron chi connectivity index (χ1n) is 6.07. The number of aryl methyl sites for hydroxylation is 2. The van der Waals surface area contributed by atoms with Gasteiger partial charge >= 0.3 is 0 Å². The summed E-state index contributed by atoms with van der Waals surface area (Å²) >= 11 is 0. The maximum absolute atomic E-state index is 3.24. The van der Waals surface area contributed by atoms with Crippen LogP contribution in [0.25, 0.3) is 10.9 Å². The molecule has 1 aliphatic heterocycles. The summed E-state index contributed by atoms with van der Waals surface area (Å²) < 4.78 is 2.19. The van der Waals surface area contributed by atoms with E-state index in [4.69, 9.17) is 0 Å². The number of rotatable bonds is 0. The average Bonchev–Trinajstić information content (AvgIpc) is 2.88. The van der Waals surface area contributed by atoms with Crippen LogP contribution in [0, 0.1) is 0 Å². The van der Waals surface area contributed by atoms with Crippen molar-refractivity contribution >= 4 is 10.9 Å². The highest BCUT2D eigenvalue weighted by Gasteiger charge is 2.17. The predicted octanol–water partition coefficient (Wildman–Crippen LogP) is 1.73. The average molecular weight is 213 g/mol. The molecule has 3 nitrogen and oxygen atoms in total. The van der Waals surface area contributed by atoms with Crippen LogP contribution >= 0.6 is 0 Å². The van der Waals surface area contributed by atoms with Crippen molar-refractivity contribution in [3.05, 3.63) is 35.0 Å². The van der Waals surface area contributed by atoms with Crippen molar-refractivity contribution in [1.82, 2.24) is 10.1 Å². The molecular formula is C13H15N3. The minimum Gasteiger partial charge on any atom is -0.259 e. The monoisotopic (exact) mass is 213 g/mol. The molecule has 0 spiro atoms. The molecule has 2 aromatic rings. The SMILES string of the molecule is c1c2c(cc3c1cc1n3NNCC1)CCC2. The molecular weight excluding hydrogens is 198 g/mol. The van der Waals surface area contributed by atoms with Crippen LogP contribution in [0.1, 0.15) is 23.2 Å². The summed E-state index contributed by atoms with van der Waals surface area (Å²) in [6.45, 7) is 1.01. The van der Waals surface area contributed by atoms with Crippen LogP contribution in [0.2, 0.25) is 0 Å². The Hall–Kier alpha value is -1.48. The zero-order chi connectivity index (χ0) is 10.5. The Morgan fingerprint density at radius 2 is 1.88 bits per heavy atom. The highest BCUT2D eigenvalue weighted by Crippen LogP contribution is 2.29. The Kier molecular flexibility index (Phi) is 1.63. The van der Waals surface area contributed by atoms with Crippen molar-refractivity contribution in [3.8, 4) is 0 Å². The van der Waals surface area contributed by atoms with Crippen LogP contribution in [0.4, 0.5) is 0 Å². The summed E-state index contributed by atoms with van der Waals surface area (Å²) in [6.07, 6.45) is 4.93. The van der Waals surface area contributed by atoms with Gasteiger partial charge in [-0.05, 0) is 48.6 Å². The molecule has 0 fully saturated rings. The molecule has 82 valence electrons. The van der Waals surface area contributed by atoms with Gasteiger partial charge in [-0.2, -0.15) is 0 Å². The Labute approximate surface area is 94.4 Å². The predicted molar refractivity (Wildman–Crippen MR) is 65.0 cm³/mol. The number of hydrogen-bond acceptors (Lipinski definition) is 2. The maximum atomic E-state index is 3.24. The lowest BCUT2D eigenvalue weighted by atomic mass is 10.1. The van der Waals surface area contributed by atoms with Gasteiger partial charge in [-0.1, -0.05) is 0 Å². The summed E-state index contributed by atoms with van der Waals surface area (Å²) in [5.41, 5.74) is 12.3. The van der Waals surface area contributed by atoms with Crippen molar-refractivity contribution in [1.29, 1.82) is 0 Å². The molecule has 0 atom stereocenters. The van der Waals surface area contributed by atoms with Gasteiger partial charge in [0.1, 0.15) is 0 Å². The van der Waals surface area contributed by atoms with E-state index in [1.807, 2.05) is 0 Å². The van der Waals surface area contributed by atoms with Crippen molar-refractivity contribution in [2.24, 2.45) is 0 Å². The molecule has 1 aromatic carbocycles. The van der Waals surface area contributed by atoms with E-state index in [-0.39, 0.29) is 0 Å². The third-order valence-corrected chi connectivity index (χ3v) is 3.79. The first-order valence-corrected chi connectivity index (χ1v) is 6.07. The van der Waals surface area contributed by atoms with Gasteiger partial charge in [0.15, 0.2) is 0 Å². The molecule has 2 N–H and O–H groups in total. The van der Waals surface area contributed by atoms with Crippen molar-refractivity contribution in [3.63, 3.8) is 0 Å². The van der Waals surface area contributed by atoms with Gasteiger partial charge in [-0.3, -0.25) is 5.53 Å². The second-order valence-electron chi connectivity index (χ2n) is 4.79. The third-order valence-electron chi connectivity index (χ3n) is 3.79. The zero-order valence-electron chi connectivity index (χ0n) is 9.21. The van der Waals surface area contributed by atoms with Crippen molar-refractivity contribution in [2.75, 3.05) is 12.1 Å². The molecule has 0 amide bonds. The lowest BCUT2D eigenvalue weighted by Gasteiger charge is -2.19. The molecule has 16 heavy (non-hydrogen) atoms. The van der Waals surface area contributed by atoms with Gasteiger partial charge in [0.2, 0.25) is 0 Å². The van der Waals surface area contributed by atoms with Gasteiger partial charge < -0.3 is 0 Å². The topological polar surface area (TPSA) is 29.0 Å². The molecule has 1 aromatic heterocycles. The molecule has 4 rings (SSSR count). The summed E-state index contributed by atoms with van der Waals surface area (Å²) in [7, 11) is 0. The smallest absolute Gasteiger partial charge is 0.0713 e. The normalized spacial score (nSPS) is 18.2. The van der Waals surface area contributed by atoms with E-state index >= 15 is 0 Å². The number of aromatic nitrogens is 1. The second-order valence-corrected chi connectivity index (χ2v) is 4.79. The van der Waals surface area contributed by atoms with Crippen LogP contribution in [0.5, 0.6) is 0 Å². The van der Waals surface area contributed by atoms with Gasteiger partial charge in [-0.25, -0.2) is 10.1 Å². The van der Waals surface area contributed by atoms with Crippen molar-refractivity contribution in [2.45, 2.75) is 25.7 Å². The molecule has 3 heteroatoms. The molecule has 0 bridgehead atoms. The molecule has 2 heterocycles. The van der Waals surface area contributed by atoms with Crippen LogP contribution in [-0.4, -0.2) is 11.2 Å². The number of fused-ring (bicyclic) bond motifs is 4. The van der Waals surface area contributed by atoms with Crippen LogP contribution in [0.15, 0.2) is 18.2 Å². The van der Waals surface area contributed by atoms with E-state index in [2.05, 4.69) is 33.8 Å². The summed E-state index contributed by atoms with van der Waals surface area (Å²) in [4.78, 5) is 0. The number of nitrogens with zero attached hydrogens (tertiary/aromatic N) is 1.